The number of hydrogen-bond donors (Lipinski definition) is 1. The summed E-state index contributed by atoms with van der Waals surface area (Å²) in [6, 6.07) is 15.9. The summed E-state index contributed by atoms with van der Waals surface area (Å²) >= 11 is 0. The molecular weight excluding hydrogens is 374 g/mol. The monoisotopic (exact) mass is 399 g/mol. The Morgan fingerprint density at radius 2 is 1.82 bits per heavy atom. The average Bonchev–Trinajstić information content (AvgIpc) is 3.30. The maximum Gasteiger partial charge on any atom is 0.244 e. The second-order valence-corrected chi connectivity index (χ2v) is 8.97. The second-order valence-electron chi connectivity index (χ2n) is 7.15. The Balaban J connectivity index is 1.81. The van der Waals surface area contributed by atoms with E-state index in [1.165, 1.54) is 4.31 Å². The van der Waals surface area contributed by atoms with Gasteiger partial charge in [0.15, 0.2) is 0 Å². The summed E-state index contributed by atoms with van der Waals surface area (Å²) < 4.78 is 33.5. The number of aryl methyl sites for hydroxylation is 1. The number of aliphatic hydroxyl groups is 1. The third-order valence-corrected chi connectivity index (χ3v) is 7.20. The highest BCUT2D eigenvalue weighted by Gasteiger charge is 2.69. The lowest BCUT2D eigenvalue weighted by atomic mass is 10.0. The van der Waals surface area contributed by atoms with Gasteiger partial charge in [-0.2, -0.15) is 4.31 Å². The number of aliphatic hydroxyl groups excluding tert-OH is 1. The molecule has 148 valence electrons. The number of benzene rings is 2. The topological polar surface area (TPSA) is 66.6 Å². The smallest absolute Gasteiger partial charge is 0.244 e. The lowest BCUT2D eigenvalue weighted by molar-refractivity contribution is 0.111. The molecule has 0 radical (unpaired) electrons. The summed E-state index contributed by atoms with van der Waals surface area (Å²) in [7, 11) is -3.77. The minimum atomic E-state index is -3.77. The molecule has 1 aliphatic rings. The molecule has 0 aromatic heterocycles. The van der Waals surface area contributed by atoms with Crippen LogP contribution in [0.5, 0.6) is 0 Å². The zero-order valence-corrected chi connectivity index (χ0v) is 17.1. The third-order valence-electron chi connectivity index (χ3n) is 5.16. The van der Waals surface area contributed by atoms with E-state index >= 15 is 0 Å². The van der Waals surface area contributed by atoms with E-state index in [2.05, 4.69) is 11.8 Å². The molecule has 2 aromatic rings. The number of rotatable bonds is 7. The average molecular weight is 400 g/mol. The third kappa shape index (κ3) is 3.85. The van der Waals surface area contributed by atoms with Crippen molar-refractivity contribution in [1.82, 2.24) is 4.31 Å². The van der Waals surface area contributed by atoms with Crippen LogP contribution in [0.4, 0.5) is 0 Å². The van der Waals surface area contributed by atoms with Crippen molar-refractivity contribution in [3.63, 3.8) is 0 Å². The van der Waals surface area contributed by atoms with Crippen LogP contribution in [-0.2, 0) is 21.4 Å². The van der Waals surface area contributed by atoms with Crippen molar-refractivity contribution in [1.29, 1.82) is 0 Å². The summed E-state index contributed by atoms with van der Waals surface area (Å²) in [5, 5.41) is 10.5. The van der Waals surface area contributed by atoms with Gasteiger partial charge >= 0.3 is 0 Å². The Kier molecular flexibility index (Phi) is 5.92. The van der Waals surface area contributed by atoms with E-state index in [9.17, 15) is 13.5 Å². The van der Waals surface area contributed by atoms with E-state index in [1.54, 1.807) is 38.1 Å². The Morgan fingerprint density at radius 1 is 1.18 bits per heavy atom. The highest BCUT2D eigenvalue weighted by Crippen LogP contribution is 2.48. The molecule has 2 aromatic carbocycles. The summed E-state index contributed by atoms with van der Waals surface area (Å²) in [5.74, 6) is 5.37. The molecule has 1 N–H and O–H groups in total. The van der Waals surface area contributed by atoms with E-state index < -0.39 is 27.7 Å². The highest BCUT2D eigenvalue weighted by atomic mass is 32.2. The molecule has 1 unspecified atom stereocenters. The summed E-state index contributed by atoms with van der Waals surface area (Å²) in [5.41, 5.74) is 0.961. The Morgan fingerprint density at radius 3 is 2.43 bits per heavy atom. The quantitative estimate of drug-likeness (QED) is 0.574. The normalized spacial score (nSPS) is 24.9. The fourth-order valence-electron chi connectivity index (χ4n) is 3.38. The van der Waals surface area contributed by atoms with E-state index in [0.717, 1.165) is 11.1 Å². The molecule has 3 rings (SSSR count). The standard InChI is InChI=1S/C22H25NO4S/c1-4-8-21(24)22(3)20(16-27-15-18-9-6-5-7-10-18)23(22)28(25,26)19-13-11-17(2)12-14-19/h5-7,9-14,20-21,24H,15-16H2,1-3H3/t20-,21+,22+,23?/m0/s1. The van der Waals surface area contributed by atoms with Gasteiger partial charge in [0.05, 0.1) is 29.7 Å². The molecule has 0 spiro atoms. The number of hydrogen-bond acceptors (Lipinski definition) is 4. The van der Waals surface area contributed by atoms with Crippen LogP contribution >= 0.6 is 0 Å². The van der Waals surface area contributed by atoms with Gasteiger partial charge in [0.25, 0.3) is 0 Å². The van der Waals surface area contributed by atoms with Crippen LogP contribution in [0.15, 0.2) is 59.5 Å². The van der Waals surface area contributed by atoms with Crippen LogP contribution in [0.2, 0.25) is 0 Å². The predicted octanol–water partition coefficient (Wildman–Crippen LogP) is 2.73. The molecular formula is C22H25NO4S. The van der Waals surface area contributed by atoms with Gasteiger partial charge in [-0.1, -0.05) is 53.9 Å². The van der Waals surface area contributed by atoms with Crippen LogP contribution in [0.25, 0.3) is 0 Å². The zero-order chi connectivity index (χ0) is 20.4. The number of nitrogens with zero attached hydrogens (tertiary/aromatic N) is 1. The Bertz CT molecular complexity index is 977. The summed E-state index contributed by atoms with van der Waals surface area (Å²) in [6.07, 6.45) is -1.09. The molecule has 28 heavy (non-hydrogen) atoms. The maximum absolute atomic E-state index is 13.2. The van der Waals surface area contributed by atoms with Crippen LogP contribution in [-0.4, -0.2) is 42.1 Å². The van der Waals surface area contributed by atoms with Gasteiger partial charge in [0, 0.05) is 0 Å². The van der Waals surface area contributed by atoms with Gasteiger partial charge in [-0.25, -0.2) is 8.42 Å². The van der Waals surface area contributed by atoms with Crippen molar-refractivity contribution < 1.29 is 18.3 Å². The van der Waals surface area contributed by atoms with Crippen molar-refractivity contribution in [2.24, 2.45) is 0 Å². The summed E-state index contributed by atoms with van der Waals surface area (Å²) in [4.78, 5) is 0.201. The first-order valence-corrected chi connectivity index (χ1v) is 10.6. The number of ether oxygens (including phenoxy) is 1. The second kappa shape index (κ2) is 8.06. The lowest BCUT2D eigenvalue weighted by Gasteiger charge is -2.15. The molecule has 0 amide bonds. The minimum Gasteiger partial charge on any atom is -0.378 e. The molecule has 0 bridgehead atoms. The first-order valence-electron chi connectivity index (χ1n) is 9.15. The fraction of sp³-hybridized carbons (Fsp3) is 0.364. The van der Waals surface area contributed by atoms with Crippen molar-refractivity contribution in [2.75, 3.05) is 6.61 Å². The molecule has 1 aliphatic heterocycles. The maximum atomic E-state index is 13.2. The molecule has 1 heterocycles. The van der Waals surface area contributed by atoms with Crippen molar-refractivity contribution in [2.45, 2.75) is 50.0 Å². The van der Waals surface area contributed by atoms with Gasteiger partial charge in [-0.05, 0) is 38.5 Å². The Labute approximate surface area is 167 Å². The van der Waals surface area contributed by atoms with E-state index in [4.69, 9.17) is 4.74 Å². The zero-order valence-electron chi connectivity index (χ0n) is 16.3. The molecule has 0 saturated carbocycles. The van der Waals surface area contributed by atoms with Crippen LogP contribution in [0.1, 0.15) is 25.0 Å². The van der Waals surface area contributed by atoms with Gasteiger partial charge < -0.3 is 9.84 Å². The first-order chi connectivity index (χ1) is 13.3. The molecule has 0 aliphatic carbocycles. The first kappa shape index (κ1) is 20.6. The van der Waals surface area contributed by atoms with Crippen molar-refractivity contribution in [3.8, 4) is 11.8 Å². The molecule has 4 atom stereocenters. The van der Waals surface area contributed by atoms with Crippen LogP contribution in [0, 0.1) is 18.8 Å². The van der Waals surface area contributed by atoms with Crippen LogP contribution in [0.3, 0.4) is 0 Å². The SMILES string of the molecule is CC#C[C@@H](O)[C@@]1(C)[C@H](COCc2ccccc2)N1S(=O)(=O)c1ccc(C)cc1. The van der Waals surface area contributed by atoms with Gasteiger partial charge in [-0.15, -0.1) is 5.92 Å². The van der Waals surface area contributed by atoms with Crippen molar-refractivity contribution >= 4 is 10.0 Å². The molecule has 1 saturated heterocycles. The number of sulfonamides is 1. The molecule has 6 heteroatoms. The minimum absolute atomic E-state index is 0.180. The molecule has 1 fully saturated rings. The van der Waals surface area contributed by atoms with Crippen LogP contribution < -0.4 is 0 Å². The van der Waals surface area contributed by atoms with Crippen molar-refractivity contribution in [3.05, 3.63) is 65.7 Å². The van der Waals surface area contributed by atoms with E-state index in [-0.39, 0.29) is 11.5 Å². The largest absolute Gasteiger partial charge is 0.378 e. The van der Waals surface area contributed by atoms with E-state index in [0.29, 0.717) is 6.61 Å². The summed E-state index contributed by atoms with van der Waals surface area (Å²) in [6.45, 7) is 5.79. The highest BCUT2D eigenvalue weighted by molar-refractivity contribution is 7.89. The lowest BCUT2D eigenvalue weighted by Crippen LogP contribution is -2.33. The fourth-order valence-corrected chi connectivity index (χ4v) is 5.39. The molecule has 5 nitrogen and oxygen atoms in total. The van der Waals surface area contributed by atoms with Gasteiger partial charge in [0.1, 0.15) is 6.10 Å². The predicted molar refractivity (Wildman–Crippen MR) is 108 cm³/mol. The van der Waals surface area contributed by atoms with Gasteiger partial charge in [-0.3, -0.25) is 0 Å². The Hall–Kier alpha value is -2.17. The van der Waals surface area contributed by atoms with E-state index in [1.807, 2.05) is 37.3 Å². The van der Waals surface area contributed by atoms with Gasteiger partial charge in [0.2, 0.25) is 10.0 Å².